The standard InChI is InChI=1S/C19H28N4O2/c1-13-20-17-5-3-2-4-16(17)18(21-13)23-9-6-15(7-10-23)22-19(24)14-8-11-25-12-14/h14-15H,2-12H2,1H3,(H,22,24)/t14-/m0/s1. The number of hydrogen-bond donors (Lipinski definition) is 1. The maximum atomic E-state index is 12.3. The van der Waals surface area contributed by atoms with E-state index >= 15 is 0 Å². The van der Waals surface area contributed by atoms with Crippen molar-refractivity contribution in [3.05, 3.63) is 17.1 Å². The van der Waals surface area contributed by atoms with Crippen molar-refractivity contribution in [2.24, 2.45) is 5.92 Å². The Bertz CT molecular complexity index is 635. The van der Waals surface area contributed by atoms with Gasteiger partial charge in [0.25, 0.3) is 0 Å². The number of ether oxygens (including phenoxy) is 1. The molecule has 0 radical (unpaired) electrons. The molecule has 6 heteroatoms. The van der Waals surface area contributed by atoms with Crippen LogP contribution in [0.5, 0.6) is 0 Å². The van der Waals surface area contributed by atoms with Gasteiger partial charge in [-0.3, -0.25) is 4.79 Å². The number of anilines is 1. The lowest BCUT2D eigenvalue weighted by atomic mass is 9.95. The monoisotopic (exact) mass is 344 g/mol. The second-order valence-corrected chi connectivity index (χ2v) is 7.56. The molecule has 2 aliphatic heterocycles. The van der Waals surface area contributed by atoms with Crippen molar-refractivity contribution in [1.82, 2.24) is 15.3 Å². The number of carbonyl (C=O) groups is 1. The van der Waals surface area contributed by atoms with E-state index in [-0.39, 0.29) is 17.9 Å². The highest BCUT2D eigenvalue weighted by atomic mass is 16.5. The van der Waals surface area contributed by atoms with Gasteiger partial charge in [-0.25, -0.2) is 9.97 Å². The Labute approximate surface area is 149 Å². The van der Waals surface area contributed by atoms with Crippen molar-refractivity contribution in [1.29, 1.82) is 0 Å². The minimum Gasteiger partial charge on any atom is -0.381 e. The van der Waals surface area contributed by atoms with E-state index in [0.717, 1.165) is 56.8 Å². The van der Waals surface area contributed by atoms with Gasteiger partial charge in [0.05, 0.1) is 12.5 Å². The quantitative estimate of drug-likeness (QED) is 0.905. The molecule has 1 atom stereocenters. The lowest BCUT2D eigenvalue weighted by molar-refractivity contribution is -0.125. The van der Waals surface area contributed by atoms with E-state index in [1.165, 1.54) is 24.1 Å². The van der Waals surface area contributed by atoms with Crippen molar-refractivity contribution in [2.75, 3.05) is 31.2 Å². The summed E-state index contributed by atoms with van der Waals surface area (Å²) in [5.41, 5.74) is 2.62. The topological polar surface area (TPSA) is 67.4 Å². The smallest absolute Gasteiger partial charge is 0.225 e. The second kappa shape index (κ2) is 7.28. The fourth-order valence-corrected chi connectivity index (χ4v) is 4.25. The van der Waals surface area contributed by atoms with Gasteiger partial charge in [-0.05, 0) is 51.9 Å². The van der Waals surface area contributed by atoms with Crippen molar-refractivity contribution in [3.63, 3.8) is 0 Å². The van der Waals surface area contributed by atoms with Crippen LogP contribution in [0.3, 0.4) is 0 Å². The molecule has 3 heterocycles. The van der Waals surface area contributed by atoms with E-state index < -0.39 is 0 Å². The molecule has 2 fully saturated rings. The van der Waals surface area contributed by atoms with Gasteiger partial charge in [0.2, 0.25) is 5.91 Å². The highest BCUT2D eigenvalue weighted by Gasteiger charge is 2.29. The van der Waals surface area contributed by atoms with Gasteiger partial charge < -0.3 is 15.0 Å². The molecule has 2 saturated heterocycles. The number of hydrogen-bond acceptors (Lipinski definition) is 5. The lowest BCUT2D eigenvalue weighted by Gasteiger charge is -2.35. The first-order chi connectivity index (χ1) is 12.2. The molecular formula is C19H28N4O2. The summed E-state index contributed by atoms with van der Waals surface area (Å²) in [5.74, 6) is 2.25. The molecule has 1 aliphatic carbocycles. The highest BCUT2D eigenvalue weighted by molar-refractivity contribution is 5.79. The number of aryl methyl sites for hydroxylation is 2. The van der Waals surface area contributed by atoms with Gasteiger partial charge in [-0.15, -0.1) is 0 Å². The number of rotatable bonds is 3. The summed E-state index contributed by atoms with van der Waals surface area (Å²) in [6.07, 6.45) is 7.49. The summed E-state index contributed by atoms with van der Waals surface area (Å²) >= 11 is 0. The Kier molecular flexibility index (Phi) is 4.88. The van der Waals surface area contributed by atoms with Gasteiger partial charge in [-0.2, -0.15) is 0 Å². The normalized spacial score (nSPS) is 24.2. The van der Waals surface area contributed by atoms with E-state index in [0.29, 0.717) is 13.2 Å². The first kappa shape index (κ1) is 16.8. The predicted octanol–water partition coefficient (Wildman–Crippen LogP) is 1.79. The summed E-state index contributed by atoms with van der Waals surface area (Å²) in [6.45, 7) is 5.20. The van der Waals surface area contributed by atoms with Crippen LogP contribution in [0.2, 0.25) is 0 Å². The van der Waals surface area contributed by atoms with Crippen LogP contribution in [0, 0.1) is 12.8 Å². The predicted molar refractivity (Wildman–Crippen MR) is 95.7 cm³/mol. The second-order valence-electron chi connectivity index (χ2n) is 7.56. The largest absolute Gasteiger partial charge is 0.381 e. The third-order valence-corrected chi connectivity index (χ3v) is 5.71. The molecule has 25 heavy (non-hydrogen) atoms. The Balaban J connectivity index is 1.39. The van der Waals surface area contributed by atoms with Gasteiger partial charge in [-0.1, -0.05) is 0 Å². The average Bonchev–Trinajstić information content (AvgIpc) is 3.16. The van der Waals surface area contributed by atoms with Gasteiger partial charge in [0.1, 0.15) is 11.6 Å². The number of amides is 1. The molecule has 1 N–H and O–H groups in total. The molecule has 1 aromatic rings. The summed E-state index contributed by atoms with van der Waals surface area (Å²) in [6, 6.07) is 0.281. The Morgan fingerprint density at radius 1 is 1.16 bits per heavy atom. The first-order valence-electron chi connectivity index (χ1n) is 9.70. The summed E-state index contributed by atoms with van der Waals surface area (Å²) < 4.78 is 5.32. The van der Waals surface area contributed by atoms with Gasteiger partial charge in [0, 0.05) is 37.0 Å². The Hall–Kier alpha value is -1.69. The van der Waals surface area contributed by atoms with Crippen molar-refractivity contribution in [2.45, 2.75) is 57.9 Å². The Morgan fingerprint density at radius 2 is 1.96 bits per heavy atom. The summed E-state index contributed by atoms with van der Waals surface area (Å²) in [5, 5.41) is 3.23. The van der Waals surface area contributed by atoms with E-state index in [4.69, 9.17) is 9.72 Å². The van der Waals surface area contributed by atoms with Gasteiger partial charge in [0.15, 0.2) is 0 Å². The van der Waals surface area contributed by atoms with Crippen LogP contribution in [-0.2, 0) is 22.4 Å². The van der Waals surface area contributed by atoms with E-state index in [9.17, 15) is 4.79 Å². The molecule has 0 aromatic carbocycles. The molecular weight excluding hydrogens is 316 g/mol. The first-order valence-corrected chi connectivity index (χ1v) is 9.70. The number of carbonyl (C=O) groups excluding carboxylic acids is 1. The van der Waals surface area contributed by atoms with Crippen LogP contribution in [0.15, 0.2) is 0 Å². The number of fused-ring (bicyclic) bond motifs is 1. The zero-order valence-corrected chi connectivity index (χ0v) is 15.1. The maximum Gasteiger partial charge on any atom is 0.225 e. The van der Waals surface area contributed by atoms with E-state index in [2.05, 4.69) is 15.2 Å². The lowest BCUT2D eigenvalue weighted by Crippen LogP contribution is -2.47. The fraction of sp³-hybridized carbons (Fsp3) is 0.737. The van der Waals surface area contributed by atoms with Crippen LogP contribution >= 0.6 is 0 Å². The van der Waals surface area contributed by atoms with E-state index in [1.807, 2.05) is 6.92 Å². The molecule has 0 bridgehead atoms. The molecule has 136 valence electrons. The van der Waals surface area contributed by atoms with Crippen LogP contribution in [-0.4, -0.2) is 48.2 Å². The van der Waals surface area contributed by atoms with Gasteiger partial charge >= 0.3 is 0 Å². The van der Waals surface area contributed by atoms with Crippen molar-refractivity contribution >= 4 is 11.7 Å². The molecule has 4 rings (SSSR count). The molecule has 0 saturated carbocycles. The highest BCUT2D eigenvalue weighted by Crippen LogP contribution is 2.29. The maximum absolute atomic E-state index is 12.3. The van der Waals surface area contributed by atoms with Crippen molar-refractivity contribution in [3.8, 4) is 0 Å². The molecule has 6 nitrogen and oxygen atoms in total. The number of piperidine rings is 1. The average molecular weight is 344 g/mol. The van der Waals surface area contributed by atoms with Crippen LogP contribution in [0.25, 0.3) is 0 Å². The minimum absolute atomic E-state index is 0.0505. The zero-order valence-electron chi connectivity index (χ0n) is 15.1. The summed E-state index contributed by atoms with van der Waals surface area (Å²) in [7, 11) is 0. The zero-order chi connectivity index (χ0) is 17.2. The fourth-order valence-electron chi connectivity index (χ4n) is 4.25. The molecule has 1 amide bonds. The summed E-state index contributed by atoms with van der Waals surface area (Å²) in [4.78, 5) is 24.1. The molecule has 3 aliphatic rings. The van der Waals surface area contributed by atoms with Crippen LogP contribution < -0.4 is 10.2 Å². The SMILES string of the molecule is Cc1nc2c(c(N3CCC(NC(=O)[C@H]4CCOC4)CC3)n1)CCCC2. The number of aromatic nitrogens is 2. The minimum atomic E-state index is 0.0505. The third-order valence-electron chi connectivity index (χ3n) is 5.71. The third kappa shape index (κ3) is 3.64. The van der Waals surface area contributed by atoms with Crippen LogP contribution in [0.4, 0.5) is 5.82 Å². The van der Waals surface area contributed by atoms with Crippen molar-refractivity contribution < 1.29 is 9.53 Å². The molecule has 1 aromatic heterocycles. The Morgan fingerprint density at radius 3 is 2.72 bits per heavy atom. The number of nitrogens with zero attached hydrogens (tertiary/aromatic N) is 3. The van der Waals surface area contributed by atoms with E-state index in [1.54, 1.807) is 0 Å². The van der Waals surface area contributed by atoms with Crippen LogP contribution in [0.1, 0.15) is 49.2 Å². The molecule has 0 spiro atoms. The number of nitrogens with one attached hydrogen (secondary N) is 1. The molecule has 0 unspecified atom stereocenters.